The third kappa shape index (κ3) is 5.49. The van der Waals surface area contributed by atoms with E-state index < -0.39 is 0 Å². The molecule has 0 aliphatic carbocycles. The maximum atomic E-state index is 11.4. The monoisotopic (exact) mass is 299 g/mol. The lowest BCUT2D eigenvalue weighted by atomic mass is 10.3. The SMILES string of the molecule is CC(Br)C(=O)NCCC(=O)Oc1ccccc1. The quantitative estimate of drug-likeness (QED) is 0.513. The normalized spacial score (nSPS) is 11.6. The Morgan fingerprint density at radius 2 is 2.00 bits per heavy atom. The molecule has 0 radical (unpaired) electrons. The van der Waals surface area contributed by atoms with Crippen molar-refractivity contribution in [3.05, 3.63) is 30.3 Å². The molecule has 5 heteroatoms. The van der Waals surface area contributed by atoms with Crippen LogP contribution in [0.3, 0.4) is 0 Å². The second-order valence-electron chi connectivity index (χ2n) is 3.44. The van der Waals surface area contributed by atoms with E-state index in [4.69, 9.17) is 4.74 Å². The van der Waals surface area contributed by atoms with Crippen molar-refractivity contribution < 1.29 is 14.3 Å². The fourth-order valence-electron chi connectivity index (χ4n) is 1.10. The molecule has 1 N–H and O–H groups in total. The predicted molar refractivity (Wildman–Crippen MR) is 68.1 cm³/mol. The van der Waals surface area contributed by atoms with Crippen molar-refractivity contribution in [2.24, 2.45) is 0 Å². The summed E-state index contributed by atoms with van der Waals surface area (Å²) >= 11 is 3.13. The Hall–Kier alpha value is -1.36. The number of esters is 1. The summed E-state index contributed by atoms with van der Waals surface area (Å²) in [5, 5.41) is 2.61. The molecule has 0 aromatic heterocycles. The van der Waals surface area contributed by atoms with Crippen molar-refractivity contribution in [1.82, 2.24) is 5.32 Å². The summed E-state index contributed by atoms with van der Waals surface area (Å²) in [4.78, 5) is 22.3. The number of alkyl halides is 1. The van der Waals surface area contributed by atoms with Crippen LogP contribution in [0.2, 0.25) is 0 Å². The second-order valence-corrected chi connectivity index (χ2v) is 4.82. The molecule has 0 aliphatic heterocycles. The minimum atomic E-state index is -0.362. The number of carbonyl (C=O) groups excluding carboxylic acids is 2. The van der Waals surface area contributed by atoms with E-state index in [0.29, 0.717) is 5.75 Å². The average molecular weight is 300 g/mol. The van der Waals surface area contributed by atoms with Gasteiger partial charge in [-0.2, -0.15) is 0 Å². The van der Waals surface area contributed by atoms with Crippen LogP contribution in [-0.2, 0) is 9.59 Å². The maximum Gasteiger partial charge on any atom is 0.312 e. The molecular weight excluding hydrogens is 286 g/mol. The van der Waals surface area contributed by atoms with Gasteiger partial charge in [-0.3, -0.25) is 9.59 Å². The minimum absolute atomic E-state index is 0.141. The first-order chi connectivity index (χ1) is 8.09. The van der Waals surface area contributed by atoms with E-state index in [1.165, 1.54) is 0 Å². The van der Waals surface area contributed by atoms with Crippen LogP contribution in [0.4, 0.5) is 0 Å². The zero-order valence-corrected chi connectivity index (χ0v) is 11.1. The molecule has 1 amide bonds. The molecule has 1 aromatic rings. The van der Waals surface area contributed by atoms with Crippen LogP contribution < -0.4 is 10.1 Å². The molecule has 4 nitrogen and oxygen atoms in total. The molecule has 1 atom stereocenters. The smallest absolute Gasteiger partial charge is 0.312 e. The predicted octanol–water partition coefficient (Wildman–Crippen LogP) is 1.88. The number of halogens is 1. The van der Waals surface area contributed by atoms with Crippen LogP contribution in [0.25, 0.3) is 0 Å². The van der Waals surface area contributed by atoms with Crippen molar-refractivity contribution in [3.8, 4) is 5.75 Å². The van der Waals surface area contributed by atoms with Crippen LogP contribution in [0.15, 0.2) is 30.3 Å². The van der Waals surface area contributed by atoms with E-state index >= 15 is 0 Å². The summed E-state index contributed by atoms with van der Waals surface area (Å²) in [6.45, 7) is 2.00. The Labute approximate surface area is 108 Å². The van der Waals surface area contributed by atoms with Crippen molar-refractivity contribution in [2.45, 2.75) is 18.2 Å². The zero-order chi connectivity index (χ0) is 12.7. The van der Waals surface area contributed by atoms with Crippen LogP contribution in [0, 0.1) is 0 Å². The third-order valence-corrected chi connectivity index (χ3v) is 2.38. The van der Waals surface area contributed by atoms with Crippen molar-refractivity contribution in [2.75, 3.05) is 6.54 Å². The summed E-state index contributed by atoms with van der Waals surface area (Å²) in [6.07, 6.45) is 0.153. The molecule has 0 saturated heterocycles. The fraction of sp³-hybridized carbons (Fsp3) is 0.333. The molecule has 1 aromatic carbocycles. The Bertz CT molecular complexity index is 379. The number of hydrogen-bond donors (Lipinski definition) is 1. The van der Waals surface area contributed by atoms with Crippen LogP contribution >= 0.6 is 15.9 Å². The van der Waals surface area contributed by atoms with E-state index in [0.717, 1.165) is 0 Å². The number of carbonyl (C=O) groups is 2. The molecule has 92 valence electrons. The van der Waals surface area contributed by atoms with Gasteiger partial charge in [-0.15, -0.1) is 0 Å². The highest BCUT2D eigenvalue weighted by molar-refractivity contribution is 9.10. The Morgan fingerprint density at radius 1 is 1.35 bits per heavy atom. The highest BCUT2D eigenvalue weighted by Gasteiger charge is 2.09. The number of benzene rings is 1. The topological polar surface area (TPSA) is 55.4 Å². The molecular formula is C12H14BrNO3. The number of para-hydroxylation sites is 1. The summed E-state index contributed by atoms with van der Waals surface area (Å²) in [6, 6.07) is 8.83. The minimum Gasteiger partial charge on any atom is -0.426 e. The molecule has 0 bridgehead atoms. The summed E-state index contributed by atoms with van der Waals surface area (Å²) < 4.78 is 5.05. The van der Waals surface area contributed by atoms with E-state index in [1.807, 2.05) is 6.07 Å². The van der Waals surface area contributed by atoms with Gasteiger partial charge in [0.15, 0.2) is 0 Å². The Kier molecular flexibility index (Phi) is 5.69. The number of hydrogen-bond acceptors (Lipinski definition) is 3. The number of ether oxygens (including phenoxy) is 1. The van der Waals surface area contributed by atoms with Crippen molar-refractivity contribution in [3.63, 3.8) is 0 Å². The third-order valence-electron chi connectivity index (χ3n) is 1.96. The fourth-order valence-corrected chi connectivity index (χ4v) is 1.26. The molecule has 0 aliphatic rings. The molecule has 0 saturated carbocycles. The van der Waals surface area contributed by atoms with E-state index in [2.05, 4.69) is 21.2 Å². The lowest BCUT2D eigenvalue weighted by molar-refractivity contribution is -0.134. The van der Waals surface area contributed by atoms with Gasteiger partial charge in [0.2, 0.25) is 5.91 Å². The van der Waals surface area contributed by atoms with Crippen molar-refractivity contribution >= 4 is 27.8 Å². The van der Waals surface area contributed by atoms with Gasteiger partial charge in [-0.05, 0) is 19.1 Å². The summed E-state index contributed by atoms with van der Waals surface area (Å²) in [5.74, 6) is 0.00826. The summed E-state index contributed by atoms with van der Waals surface area (Å²) in [5.41, 5.74) is 0. The van der Waals surface area contributed by atoms with Gasteiger partial charge < -0.3 is 10.1 Å². The highest BCUT2D eigenvalue weighted by Crippen LogP contribution is 2.08. The van der Waals surface area contributed by atoms with Crippen LogP contribution in [0.1, 0.15) is 13.3 Å². The lowest BCUT2D eigenvalue weighted by Crippen LogP contribution is -2.31. The van der Waals surface area contributed by atoms with E-state index in [-0.39, 0.29) is 29.7 Å². The summed E-state index contributed by atoms with van der Waals surface area (Å²) in [7, 11) is 0. The molecule has 1 rings (SSSR count). The van der Waals surface area contributed by atoms with Gasteiger partial charge in [0.05, 0.1) is 11.2 Å². The van der Waals surface area contributed by atoms with Gasteiger partial charge in [-0.1, -0.05) is 34.1 Å². The first kappa shape index (κ1) is 13.7. The van der Waals surface area contributed by atoms with Crippen molar-refractivity contribution in [1.29, 1.82) is 0 Å². The lowest BCUT2D eigenvalue weighted by Gasteiger charge is -2.06. The van der Waals surface area contributed by atoms with Gasteiger partial charge in [0.1, 0.15) is 5.75 Å². The van der Waals surface area contributed by atoms with Gasteiger partial charge >= 0.3 is 5.97 Å². The van der Waals surface area contributed by atoms with Crippen LogP contribution in [-0.4, -0.2) is 23.2 Å². The largest absolute Gasteiger partial charge is 0.426 e. The molecule has 0 fully saturated rings. The number of amides is 1. The molecule has 0 heterocycles. The molecule has 1 unspecified atom stereocenters. The Balaban J connectivity index is 2.25. The van der Waals surface area contributed by atoms with E-state index in [1.54, 1.807) is 31.2 Å². The second kappa shape index (κ2) is 7.06. The molecule has 17 heavy (non-hydrogen) atoms. The first-order valence-electron chi connectivity index (χ1n) is 5.27. The van der Waals surface area contributed by atoms with E-state index in [9.17, 15) is 9.59 Å². The Morgan fingerprint density at radius 3 is 2.59 bits per heavy atom. The zero-order valence-electron chi connectivity index (χ0n) is 9.48. The van der Waals surface area contributed by atoms with Gasteiger partial charge in [-0.25, -0.2) is 0 Å². The standard InChI is InChI=1S/C12H14BrNO3/c1-9(13)12(16)14-8-7-11(15)17-10-5-3-2-4-6-10/h2-6,9H,7-8H2,1H3,(H,14,16). The maximum absolute atomic E-state index is 11.4. The highest BCUT2D eigenvalue weighted by atomic mass is 79.9. The van der Waals surface area contributed by atoms with Crippen LogP contribution in [0.5, 0.6) is 5.75 Å². The van der Waals surface area contributed by atoms with Gasteiger partial charge in [0, 0.05) is 6.54 Å². The molecule has 0 spiro atoms. The number of nitrogens with one attached hydrogen (secondary N) is 1. The average Bonchev–Trinajstić information content (AvgIpc) is 2.30. The van der Waals surface area contributed by atoms with Gasteiger partial charge in [0.25, 0.3) is 0 Å². The number of rotatable bonds is 5. The first-order valence-corrected chi connectivity index (χ1v) is 6.18.